The van der Waals surface area contributed by atoms with E-state index in [0.717, 1.165) is 18.4 Å². The van der Waals surface area contributed by atoms with Crippen LogP contribution in [-0.2, 0) is 14.3 Å². The molecule has 4 N–H and O–H groups in total. The van der Waals surface area contributed by atoms with Crippen molar-refractivity contribution < 1.29 is 29.6 Å². The summed E-state index contributed by atoms with van der Waals surface area (Å²) in [6.07, 6.45) is 1.43. The number of hydrogen-bond donors (Lipinski definition) is 4. The highest BCUT2D eigenvalue weighted by Gasteiger charge is 2.45. The van der Waals surface area contributed by atoms with Gasteiger partial charge >= 0.3 is 0 Å². The molecule has 0 aliphatic carbocycles. The smallest absolute Gasteiger partial charge is 0.217 e. The molecule has 7 nitrogen and oxygen atoms in total. The zero-order valence-corrected chi connectivity index (χ0v) is 15.4. The zero-order chi connectivity index (χ0) is 19.0. The summed E-state index contributed by atoms with van der Waals surface area (Å²) in [6.45, 7) is 7.21. The molecule has 1 aliphatic rings. The van der Waals surface area contributed by atoms with Gasteiger partial charge in [-0.05, 0) is 33.6 Å². The number of carbonyl (C=O) groups excluding carboxylic acids is 1. The SMILES string of the molecule is CC(=O)N[C@H]1C(OC/C=C(\C)CCC=C(C)C)O[C@H](CO)[C@@H](O)[C@@H]1O. The highest BCUT2D eigenvalue weighted by molar-refractivity contribution is 5.73. The molecule has 0 bridgehead atoms. The molecule has 0 aromatic heterocycles. The van der Waals surface area contributed by atoms with E-state index in [4.69, 9.17) is 9.47 Å². The van der Waals surface area contributed by atoms with E-state index in [9.17, 15) is 20.1 Å². The maximum absolute atomic E-state index is 11.3. The van der Waals surface area contributed by atoms with E-state index in [0.29, 0.717) is 0 Å². The third-order valence-corrected chi connectivity index (χ3v) is 4.03. The first-order valence-corrected chi connectivity index (χ1v) is 8.56. The molecular weight excluding hydrogens is 326 g/mol. The minimum absolute atomic E-state index is 0.238. The largest absolute Gasteiger partial charge is 0.394 e. The normalized spacial score (nSPS) is 30.0. The fourth-order valence-electron chi connectivity index (χ4n) is 2.59. The van der Waals surface area contributed by atoms with Gasteiger partial charge in [-0.15, -0.1) is 0 Å². The van der Waals surface area contributed by atoms with Crippen LogP contribution < -0.4 is 5.32 Å². The maximum atomic E-state index is 11.3. The highest BCUT2D eigenvalue weighted by Crippen LogP contribution is 2.22. The summed E-state index contributed by atoms with van der Waals surface area (Å²) in [5.41, 5.74) is 2.43. The summed E-state index contributed by atoms with van der Waals surface area (Å²) < 4.78 is 11.1. The zero-order valence-electron chi connectivity index (χ0n) is 15.4. The Morgan fingerprint density at radius 3 is 2.40 bits per heavy atom. The van der Waals surface area contributed by atoms with Crippen LogP contribution in [0.25, 0.3) is 0 Å². The summed E-state index contributed by atoms with van der Waals surface area (Å²) in [5.74, 6) is -0.371. The van der Waals surface area contributed by atoms with Crippen molar-refractivity contribution in [3.8, 4) is 0 Å². The van der Waals surface area contributed by atoms with Crippen molar-refractivity contribution in [2.24, 2.45) is 0 Å². The Morgan fingerprint density at radius 1 is 1.16 bits per heavy atom. The first kappa shape index (κ1) is 21.8. The predicted molar refractivity (Wildman–Crippen MR) is 93.7 cm³/mol. The third-order valence-electron chi connectivity index (χ3n) is 4.03. The van der Waals surface area contributed by atoms with Gasteiger partial charge in [-0.1, -0.05) is 23.3 Å². The van der Waals surface area contributed by atoms with Crippen LogP contribution in [0.4, 0.5) is 0 Å². The quantitative estimate of drug-likeness (QED) is 0.475. The fraction of sp³-hybridized carbons (Fsp3) is 0.722. The second kappa shape index (κ2) is 10.7. The number of ether oxygens (including phenoxy) is 2. The second-order valence-electron chi connectivity index (χ2n) is 6.64. The van der Waals surface area contributed by atoms with Gasteiger partial charge in [0, 0.05) is 6.92 Å². The molecule has 144 valence electrons. The average molecular weight is 357 g/mol. The molecular formula is C18H31NO6. The summed E-state index contributed by atoms with van der Waals surface area (Å²) >= 11 is 0. The lowest BCUT2D eigenvalue weighted by molar-refractivity contribution is -0.267. The molecule has 7 heteroatoms. The summed E-state index contributed by atoms with van der Waals surface area (Å²) in [6, 6.07) is -0.908. The number of rotatable bonds is 8. The van der Waals surface area contributed by atoms with Crippen molar-refractivity contribution in [3.63, 3.8) is 0 Å². The van der Waals surface area contributed by atoms with Gasteiger partial charge in [-0.2, -0.15) is 0 Å². The van der Waals surface area contributed by atoms with Gasteiger partial charge in [-0.25, -0.2) is 0 Å². The number of nitrogens with one attached hydrogen (secondary N) is 1. The Morgan fingerprint density at radius 2 is 1.84 bits per heavy atom. The minimum atomic E-state index is -1.30. The van der Waals surface area contributed by atoms with Gasteiger partial charge in [0.2, 0.25) is 5.91 Å². The van der Waals surface area contributed by atoms with Gasteiger partial charge < -0.3 is 30.1 Å². The second-order valence-corrected chi connectivity index (χ2v) is 6.64. The lowest BCUT2D eigenvalue weighted by Gasteiger charge is -2.42. The number of carbonyl (C=O) groups is 1. The molecule has 0 aromatic rings. The highest BCUT2D eigenvalue weighted by atomic mass is 16.7. The number of hydrogen-bond acceptors (Lipinski definition) is 6. The molecule has 1 aliphatic heterocycles. The maximum Gasteiger partial charge on any atom is 0.217 e. The van der Waals surface area contributed by atoms with Crippen molar-refractivity contribution in [1.82, 2.24) is 5.32 Å². The molecule has 0 radical (unpaired) electrons. The first-order valence-electron chi connectivity index (χ1n) is 8.56. The van der Waals surface area contributed by atoms with E-state index in [2.05, 4.69) is 25.2 Å². The van der Waals surface area contributed by atoms with Crippen molar-refractivity contribution in [2.75, 3.05) is 13.2 Å². The van der Waals surface area contributed by atoms with Gasteiger partial charge in [0.1, 0.15) is 24.4 Å². The molecule has 1 saturated heterocycles. The van der Waals surface area contributed by atoms with E-state index in [1.54, 1.807) is 0 Å². The Kier molecular flexibility index (Phi) is 9.31. The van der Waals surface area contributed by atoms with Gasteiger partial charge in [0.15, 0.2) is 6.29 Å². The Labute approximate surface area is 149 Å². The lowest BCUT2D eigenvalue weighted by atomic mass is 9.97. The summed E-state index contributed by atoms with van der Waals surface area (Å²) in [4.78, 5) is 11.3. The Bertz CT molecular complexity index is 486. The van der Waals surface area contributed by atoms with E-state index >= 15 is 0 Å². The van der Waals surface area contributed by atoms with Crippen LogP contribution in [0, 0.1) is 0 Å². The monoisotopic (exact) mass is 357 g/mol. The van der Waals surface area contributed by atoms with E-state index in [-0.39, 0.29) is 12.5 Å². The molecule has 0 aromatic carbocycles. The van der Waals surface area contributed by atoms with Crippen LogP contribution in [0.5, 0.6) is 0 Å². The standard InChI is InChI=1S/C18H31NO6/c1-11(2)6-5-7-12(3)8-9-24-18-15(19-13(4)21)17(23)16(22)14(10-20)25-18/h6,8,14-18,20,22-23H,5,7,9-10H2,1-4H3,(H,19,21)/b12-8+/t14-,15-,16-,17-,18?/m1/s1. The van der Waals surface area contributed by atoms with Crippen LogP contribution in [0.15, 0.2) is 23.3 Å². The average Bonchev–Trinajstić information content (AvgIpc) is 2.53. The van der Waals surface area contributed by atoms with Gasteiger partial charge in [0.25, 0.3) is 0 Å². The molecule has 5 atom stereocenters. The molecule has 25 heavy (non-hydrogen) atoms. The van der Waals surface area contributed by atoms with Crippen LogP contribution in [-0.4, -0.2) is 65.1 Å². The molecule has 1 fully saturated rings. The number of aliphatic hydroxyl groups excluding tert-OH is 3. The minimum Gasteiger partial charge on any atom is -0.394 e. The van der Waals surface area contributed by atoms with Crippen molar-refractivity contribution >= 4 is 5.91 Å². The molecule has 0 spiro atoms. The van der Waals surface area contributed by atoms with Crippen molar-refractivity contribution in [3.05, 3.63) is 23.3 Å². The van der Waals surface area contributed by atoms with Crippen LogP contribution in [0.3, 0.4) is 0 Å². The number of aliphatic hydroxyl groups is 3. The topological polar surface area (TPSA) is 108 Å². The van der Waals surface area contributed by atoms with E-state index in [1.165, 1.54) is 12.5 Å². The van der Waals surface area contributed by atoms with E-state index < -0.39 is 37.3 Å². The molecule has 1 amide bonds. The van der Waals surface area contributed by atoms with E-state index in [1.807, 2.05) is 13.0 Å². The fourth-order valence-corrected chi connectivity index (χ4v) is 2.59. The number of allylic oxidation sites excluding steroid dienone is 3. The lowest BCUT2D eigenvalue weighted by Crippen LogP contribution is -2.64. The molecule has 1 unspecified atom stereocenters. The van der Waals surface area contributed by atoms with Crippen LogP contribution in [0.2, 0.25) is 0 Å². The predicted octanol–water partition coefficient (Wildman–Crippen LogP) is 0.639. The number of amides is 1. The van der Waals surface area contributed by atoms with Gasteiger partial charge in [0.05, 0.1) is 13.2 Å². The molecule has 0 saturated carbocycles. The Balaban J connectivity index is 2.65. The Hall–Kier alpha value is -1.25. The summed E-state index contributed by atoms with van der Waals surface area (Å²) in [7, 11) is 0. The molecule has 1 heterocycles. The van der Waals surface area contributed by atoms with Crippen molar-refractivity contribution in [1.29, 1.82) is 0 Å². The molecule has 1 rings (SSSR count). The first-order chi connectivity index (χ1) is 11.8. The van der Waals surface area contributed by atoms with Gasteiger partial charge in [-0.3, -0.25) is 4.79 Å². The summed E-state index contributed by atoms with van der Waals surface area (Å²) in [5, 5.41) is 31.9. The van der Waals surface area contributed by atoms with Crippen LogP contribution >= 0.6 is 0 Å². The van der Waals surface area contributed by atoms with Crippen molar-refractivity contribution in [2.45, 2.75) is 71.2 Å². The third kappa shape index (κ3) is 7.25. The van der Waals surface area contributed by atoms with Crippen LogP contribution in [0.1, 0.15) is 40.5 Å².